The minimum Gasteiger partial charge on any atom is -0.382 e. The normalized spacial score (nSPS) is 10.5. The molecule has 0 saturated heterocycles. The van der Waals surface area contributed by atoms with Crippen LogP contribution in [0.2, 0.25) is 0 Å². The van der Waals surface area contributed by atoms with Crippen LogP contribution in [-0.4, -0.2) is 24.7 Å². The Kier molecular flexibility index (Phi) is 6.80. The van der Waals surface area contributed by atoms with Crippen molar-refractivity contribution in [2.75, 3.05) is 19.8 Å². The summed E-state index contributed by atoms with van der Waals surface area (Å²) in [7, 11) is 0. The second kappa shape index (κ2) is 8.14. The molecule has 2 N–H and O–H groups in total. The number of aromatic nitrogens is 1. The van der Waals surface area contributed by atoms with E-state index in [-0.39, 0.29) is 12.4 Å². The summed E-state index contributed by atoms with van der Waals surface area (Å²) in [6, 6.07) is 8.62. The lowest BCUT2D eigenvalue weighted by Gasteiger charge is -2.05. The third-order valence-corrected chi connectivity index (χ3v) is 2.79. The minimum atomic E-state index is 0. The average molecular weight is 269 g/mol. The zero-order valence-electron chi connectivity index (χ0n) is 10.7. The summed E-state index contributed by atoms with van der Waals surface area (Å²) >= 11 is 0. The highest BCUT2D eigenvalue weighted by molar-refractivity contribution is 5.85. The Labute approximate surface area is 114 Å². The molecule has 0 amide bonds. The van der Waals surface area contributed by atoms with Crippen LogP contribution in [0.25, 0.3) is 10.9 Å². The largest absolute Gasteiger partial charge is 0.382 e. The Bertz CT molecular complexity index is 456. The van der Waals surface area contributed by atoms with Crippen LogP contribution in [0, 0.1) is 0 Å². The van der Waals surface area contributed by atoms with Crippen molar-refractivity contribution >= 4 is 23.3 Å². The van der Waals surface area contributed by atoms with E-state index in [0.29, 0.717) is 0 Å². The van der Waals surface area contributed by atoms with Gasteiger partial charge >= 0.3 is 0 Å². The topological polar surface area (TPSA) is 37.0 Å². The van der Waals surface area contributed by atoms with Crippen LogP contribution >= 0.6 is 12.4 Å². The number of benzene rings is 1. The van der Waals surface area contributed by atoms with Gasteiger partial charge in [0.2, 0.25) is 0 Å². The molecule has 3 nitrogen and oxygen atoms in total. The van der Waals surface area contributed by atoms with Gasteiger partial charge in [-0.05, 0) is 49.0 Å². The molecule has 0 aliphatic heterocycles. The number of hydrogen-bond acceptors (Lipinski definition) is 2. The van der Waals surface area contributed by atoms with Gasteiger partial charge < -0.3 is 15.0 Å². The van der Waals surface area contributed by atoms with E-state index in [1.165, 1.54) is 16.5 Å². The molecule has 0 bridgehead atoms. The molecule has 0 aliphatic carbocycles. The van der Waals surface area contributed by atoms with Gasteiger partial charge in [-0.3, -0.25) is 0 Å². The van der Waals surface area contributed by atoms with Gasteiger partial charge in [-0.15, -0.1) is 12.4 Å². The number of hydrogen-bond donors (Lipinski definition) is 2. The van der Waals surface area contributed by atoms with E-state index in [1.54, 1.807) is 0 Å². The van der Waals surface area contributed by atoms with E-state index in [9.17, 15) is 0 Å². The Morgan fingerprint density at radius 1 is 1.28 bits per heavy atom. The summed E-state index contributed by atoms with van der Waals surface area (Å²) in [6.07, 6.45) is 3.05. The van der Waals surface area contributed by atoms with Gasteiger partial charge in [0.05, 0.1) is 0 Å². The van der Waals surface area contributed by atoms with Crippen molar-refractivity contribution in [3.8, 4) is 0 Å². The quantitative estimate of drug-likeness (QED) is 0.757. The third kappa shape index (κ3) is 4.33. The van der Waals surface area contributed by atoms with Gasteiger partial charge in [-0.1, -0.05) is 6.07 Å². The van der Waals surface area contributed by atoms with Crippen molar-refractivity contribution in [1.82, 2.24) is 10.3 Å². The van der Waals surface area contributed by atoms with Crippen molar-refractivity contribution in [3.05, 3.63) is 36.0 Å². The number of halogens is 1. The fraction of sp³-hybridized carbons (Fsp3) is 0.429. The zero-order chi connectivity index (χ0) is 11.9. The Morgan fingerprint density at radius 3 is 3.00 bits per heavy atom. The molecule has 0 aliphatic rings. The molecule has 2 aromatic rings. The molecule has 0 spiro atoms. The summed E-state index contributed by atoms with van der Waals surface area (Å²) in [5.41, 5.74) is 2.53. The van der Waals surface area contributed by atoms with E-state index in [0.717, 1.165) is 32.7 Å². The predicted molar refractivity (Wildman–Crippen MR) is 78.4 cm³/mol. The molecular formula is C14H21ClN2O. The molecule has 2 rings (SSSR count). The molecule has 0 fully saturated rings. The van der Waals surface area contributed by atoms with Crippen LogP contribution in [0.3, 0.4) is 0 Å². The lowest BCUT2D eigenvalue weighted by molar-refractivity contribution is 0.144. The summed E-state index contributed by atoms with van der Waals surface area (Å²) in [5, 5.41) is 4.70. The van der Waals surface area contributed by atoms with Crippen LogP contribution < -0.4 is 5.32 Å². The molecule has 1 aromatic heterocycles. The van der Waals surface area contributed by atoms with Gasteiger partial charge in [-0.25, -0.2) is 0 Å². The summed E-state index contributed by atoms with van der Waals surface area (Å²) in [6.45, 7) is 5.61. The summed E-state index contributed by atoms with van der Waals surface area (Å²) < 4.78 is 5.29. The first-order chi connectivity index (χ1) is 8.40. The number of nitrogens with one attached hydrogen (secondary N) is 2. The van der Waals surface area contributed by atoms with Crippen molar-refractivity contribution < 1.29 is 4.74 Å². The fourth-order valence-electron chi connectivity index (χ4n) is 1.89. The molecule has 4 heteroatoms. The monoisotopic (exact) mass is 268 g/mol. The number of fused-ring (bicyclic) bond motifs is 1. The number of rotatable bonds is 7. The Balaban J connectivity index is 0.00000162. The van der Waals surface area contributed by atoms with Gasteiger partial charge in [0.1, 0.15) is 0 Å². The smallest absolute Gasteiger partial charge is 0.0477 e. The average Bonchev–Trinajstić information content (AvgIpc) is 2.81. The Morgan fingerprint density at radius 2 is 2.17 bits per heavy atom. The van der Waals surface area contributed by atoms with Crippen LogP contribution in [-0.2, 0) is 11.3 Å². The molecule has 0 unspecified atom stereocenters. The van der Waals surface area contributed by atoms with Gasteiger partial charge in [0.25, 0.3) is 0 Å². The first-order valence-corrected chi connectivity index (χ1v) is 6.24. The van der Waals surface area contributed by atoms with Crippen LogP contribution in [0.15, 0.2) is 30.5 Å². The molecule has 0 atom stereocenters. The van der Waals surface area contributed by atoms with Crippen molar-refractivity contribution in [2.45, 2.75) is 19.9 Å². The Hall–Kier alpha value is -1.03. The highest BCUT2D eigenvalue weighted by Gasteiger charge is 1.96. The molecule has 18 heavy (non-hydrogen) atoms. The van der Waals surface area contributed by atoms with Crippen molar-refractivity contribution in [2.24, 2.45) is 0 Å². The lowest BCUT2D eigenvalue weighted by Crippen LogP contribution is -2.16. The second-order valence-electron chi connectivity index (χ2n) is 4.13. The standard InChI is InChI=1S/C14H20N2O.ClH/c1-2-17-9-3-7-15-11-12-4-5-14-13(10-12)6-8-16-14;/h4-6,8,10,15-16H,2-3,7,9,11H2,1H3;1H. The highest BCUT2D eigenvalue weighted by atomic mass is 35.5. The minimum absolute atomic E-state index is 0. The van der Waals surface area contributed by atoms with E-state index in [2.05, 4.69) is 34.6 Å². The maximum absolute atomic E-state index is 5.29. The molecule has 1 heterocycles. The number of ether oxygens (including phenoxy) is 1. The lowest BCUT2D eigenvalue weighted by atomic mass is 10.1. The molecule has 0 saturated carbocycles. The van der Waals surface area contributed by atoms with Crippen LogP contribution in [0.5, 0.6) is 0 Å². The first-order valence-electron chi connectivity index (χ1n) is 6.24. The first kappa shape index (κ1) is 15.0. The zero-order valence-corrected chi connectivity index (χ0v) is 11.6. The highest BCUT2D eigenvalue weighted by Crippen LogP contribution is 2.13. The fourth-order valence-corrected chi connectivity index (χ4v) is 1.89. The van der Waals surface area contributed by atoms with E-state index < -0.39 is 0 Å². The summed E-state index contributed by atoms with van der Waals surface area (Å²) in [5.74, 6) is 0. The predicted octanol–water partition coefficient (Wildman–Crippen LogP) is 3.11. The summed E-state index contributed by atoms with van der Waals surface area (Å²) in [4.78, 5) is 3.20. The molecular weight excluding hydrogens is 248 g/mol. The molecule has 0 radical (unpaired) electrons. The van der Waals surface area contributed by atoms with E-state index >= 15 is 0 Å². The SMILES string of the molecule is CCOCCCNCc1ccc2[nH]ccc2c1.Cl. The van der Waals surface area contributed by atoms with Crippen LogP contribution in [0.4, 0.5) is 0 Å². The van der Waals surface area contributed by atoms with Crippen molar-refractivity contribution in [1.29, 1.82) is 0 Å². The number of H-pyrrole nitrogens is 1. The maximum Gasteiger partial charge on any atom is 0.0477 e. The molecule has 1 aromatic carbocycles. The van der Waals surface area contributed by atoms with Gasteiger partial charge in [0, 0.05) is 31.5 Å². The van der Waals surface area contributed by atoms with Gasteiger partial charge in [0.15, 0.2) is 0 Å². The third-order valence-electron chi connectivity index (χ3n) is 2.79. The molecule has 100 valence electrons. The van der Waals surface area contributed by atoms with Gasteiger partial charge in [-0.2, -0.15) is 0 Å². The van der Waals surface area contributed by atoms with E-state index in [1.807, 2.05) is 13.1 Å². The second-order valence-corrected chi connectivity index (χ2v) is 4.13. The number of aromatic amines is 1. The van der Waals surface area contributed by atoms with Crippen molar-refractivity contribution in [3.63, 3.8) is 0 Å². The van der Waals surface area contributed by atoms with E-state index in [4.69, 9.17) is 4.74 Å². The maximum atomic E-state index is 5.29. The van der Waals surface area contributed by atoms with Crippen LogP contribution in [0.1, 0.15) is 18.9 Å².